The molecular weight excluding hydrogens is 272 g/mol. The van der Waals surface area contributed by atoms with Crippen LogP contribution < -0.4 is 5.32 Å². The van der Waals surface area contributed by atoms with Crippen LogP contribution in [0.15, 0.2) is 35.3 Å². The van der Waals surface area contributed by atoms with Crippen molar-refractivity contribution in [3.05, 3.63) is 40.9 Å². The van der Waals surface area contributed by atoms with Crippen LogP contribution in [0.4, 0.5) is 5.69 Å². The Hall–Kier alpha value is -1.69. The van der Waals surface area contributed by atoms with Crippen LogP contribution in [0, 0.1) is 0 Å². The Bertz CT molecular complexity index is 523. The monoisotopic (exact) mass is 280 g/mol. The topological polar surface area (TPSA) is 59.8 Å². The molecule has 2 rings (SSSR count). The number of hydrogen-bond donors (Lipinski definition) is 1. The molecule has 2 heterocycles. The van der Waals surface area contributed by atoms with Gasteiger partial charge in [-0.1, -0.05) is 0 Å². The fourth-order valence-corrected chi connectivity index (χ4v) is 1.67. The van der Waals surface area contributed by atoms with E-state index in [9.17, 15) is 4.79 Å². The molecule has 0 aliphatic rings. The molecular formula is C10H9BrN4O. The van der Waals surface area contributed by atoms with E-state index in [2.05, 4.69) is 31.3 Å². The van der Waals surface area contributed by atoms with Crippen molar-refractivity contribution in [1.82, 2.24) is 14.8 Å². The molecule has 0 aliphatic carbocycles. The fourth-order valence-electron chi connectivity index (χ4n) is 1.24. The van der Waals surface area contributed by atoms with Gasteiger partial charge in [0.1, 0.15) is 4.60 Å². The number of nitrogens with zero attached hydrogens (tertiary/aromatic N) is 3. The van der Waals surface area contributed by atoms with Gasteiger partial charge in [0.2, 0.25) is 0 Å². The number of amides is 1. The molecule has 0 radical (unpaired) electrons. The number of nitrogens with one attached hydrogen (secondary N) is 1. The van der Waals surface area contributed by atoms with Crippen molar-refractivity contribution in [2.45, 2.75) is 0 Å². The maximum atomic E-state index is 11.8. The van der Waals surface area contributed by atoms with Gasteiger partial charge < -0.3 is 5.32 Å². The van der Waals surface area contributed by atoms with Crippen LogP contribution in [0.5, 0.6) is 0 Å². The van der Waals surface area contributed by atoms with Gasteiger partial charge in [0.05, 0.1) is 17.4 Å². The van der Waals surface area contributed by atoms with E-state index in [1.807, 2.05) is 0 Å². The molecule has 1 amide bonds. The standard InChI is InChI=1S/C10H9BrN4O/c1-15-6-7(5-13-15)14-10(16)8-3-2-4-12-9(8)11/h2-6H,1H3,(H,14,16). The lowest BCUT2D eigenvalue weighted by molar-refractivity contribution is 0.102. The van der Waals surface area contributed by atoms with Crippen molar-refractivity contribution in [3.8, 4) is 0 Å². The van der Waals surface area contributed by atoms with Gasteiger partial charge in [-0.2, -0.15) is 5.10 Å². The second kappa shape index (κ2) is 4.44. The smallest absolute Gasteiger partial charge is 0.258 e. The highest BCUT2D eigenvalue weighted by atomic mass is 79.9. The molecule has 0 aromatic carbocycles. The minimum Gasteiger partial charge on any atom is -0.319 e. The van der Waals surface area contributed by atoms with Crippen molar-refractivity contribution in [3.63, 3.8) is 0 Å². The third kappa shape index (κ3) is 2.27. The van der Waals surface area contributed by atoms with E-state index in [1.54, 1.807) is 42.5 Å². The molecule has 1 N–H and O–H groups in total. The number of rotatable bonds is 2. The van der Waals surface area contributed by atoms with E-state index in [4.69, 9.17) is 0 Å². The highest BCUT2D eigenvalue weighted by Gasteiger charge is 2.10. The Morgan fingerprint density at radius 3 is 3.00 bits per heavy atom. The van der Waals surface area contributed by atoms with E-state index < -0.39 is 0 Å². The summed E-state index contributed by atoms with van der Waals surface area (Å²) in [6.45, 7) is 0. The Labute approximate surface area is 101 Å². The van der Waals surface area contributed by atoms with Crippen molar-refractivity contribution < 1.29 is 4.79 Å². The minimum absolute atomic E-state index is 0.215. The van der Waals surface area contributed by atoms with Crippen LogP contribution in [-0.2, 0) is 7.05 Å². The molecule has 2 aromatic rings. The summed E-state index contributed by atoms with van der Waals surface area (Å²) >= 11 is 3.22. The van der Waals surface area contributed by atoms with Crippen LogP contribution in [0.25, 0.3) is 0 Å². The van der Waals surface area contributed by atoms with Crippen molar-refractivity contribution in [1.29, 1.82) is 0 Å². The van der Waals surface area contributed by atoms with Gasteiger partial charge in [0.25, 0.3) is 5.91 Å². The molecule has 16 heavy (non-hydrogen) atoms. The van der Waals surface area contributed by atoms with Gasteiger partial charge in [-0.15, -0.1) is 0 Å². The molecule has 0 spiro atoms. The van der Waals surface area contributed by atoms with Gasteiger partial charge in [-0.25, -0.2) is 4.98 Å². The van der Waals surface area contributed by atoms with Crippen molar-refractivity contribution >= 4 is 27.5 Å². The maximum Gasteiger partial charge on any atom is 0.258 e. The number of aryl methyl sites for hydroxylation is 1. The van der Waals surface area contributed by atoms with E-state index >= 15 is 0 Å². The number of halogens is 1. The zero-order valence-corrected chi connectivity index (χ0v) is 10.1. The van der Waals surface area contributed by atoms with Crippen LogP contribution >= 0.6 is 15.9 Å². The molecule has 0 saturated heterocycles. The minimum atomic E-state index is -0.215. The molecule has 0 unspecified atom stereocenters. The largest absolute Gasteiger partial charge is 0.319 e. The second-order valence-corrected chi connectivity index (χ2v) is 3.95. The SMILES string of the molecule is Cn1cc(NC(=O)c2cccnc2Br)cn1. The van der Waals surface area contributed by atoms with Gasteiger partial charge in [0.15, 0.2) is 0 Å². The first kappa shape index (κ1) is 10.8. The summed E-state index contributed by atoms with van der Waals surface area (Å²) in [6.07, 6.45) is 4.93. The van der Waals surface area contributed by atoms with E-state index in [0.717, 1.165) is 0 Å². The first-order valence-corrected chi connectivity index (χ1v) is 5.36. The molecule has 0 bridgehead atoms. The van der Waals surface area contributed by atoms with E-state index in [0.29, 0.717) is 15.9 Å². The average molecular weight is 281 g/mol. The molecule has 5 nitrogen and oxygen atoms in total. The second-order valence-electron chi connectivity index (χ2n) is 3.20. The van der Waals surface area contributed by atoms with Crippen LogP contribution in [0.1, 0.15) is 10.4 Å². The third-order valence-electron chi connectivity index (χ3n) is 1.97. The number of hydrogen-bond acceptors (Lipinski definition) is 3. The zero-order valence-electron chi connectivity index (χ0n) is 8.51. The summed E-state index contributed by atoms with van der Waals surface area (Å²) in [5.41, 5.74) is 1.15. The summed E-state index contributed by atoms with van der Waals surface area (Å²) in [6, 6.07) is 3.41. The van der Waals surface area contributed by atoms with Gasteiger partial charge in [-0.3, -0.25) is 9.48 Å². The first-order chi connectivity index (χ1) is 7.66. The van der Waals surface area contributed by atoms with Crippen molar-refractivity contribution in [2.75, 3.05) is 5.32 Å². The lowest BCUT2D eigenvalue weighted by atomic mass is 10.2. The van der Waals surface area contributed by atoms with Crippen molar-refractivity contribution in [2.24, 2.45) is 7.05 Å². The molecule has 6 heteroatoms. The number of carbonyl (C=O) groups excluding carboxylic acids is 1. The average Bonchev–Trinajstić information content (AvgIpc) is 2.64. The summed E-state index contributed by atoms with van der Waals surface area (Å²) in [7, 11) is 1.79. The highest BCUT2D eigenvalue weighted by molar-refractivity contribution is 9.10. The van der Waals surface area contributed by atoms with Gasteiger partial charge in [0, 0.05) is 19.4 Å². The van der Waals surface area contributed by atoms with E-state index in [1.165, 1.54) is 0 Å². The van der Waals surface area contributed by atoms with Gasteiger partial charge in [-0.05, 0) is 28.1 Å². The number of anilines is 1. The summed E-state index contributed by atoms with van der Waals surface area (Å²) in [4.78, 5) is 15.8. The molecule has 2 aromatic heterocycles. The van der Waals surface area contributed by atoms with Crippen LogP contribution in [0.3, 0.4) is 0 Å². The zero-order chi connectivity index (χ0) is 11.5. The van der Waals surface area contributed by atoms with Crippen LogP contribution in [-0.4, -0.2) is 20.7 Å². The number of carbonyl (C=O) groups is 1. The number of pyridine rings is 1. The Balaban J connectivity index is 2.18. The first-order valence-electron chi connectivity index (χ1n) is 4.57. The molecule has 0 fully saturated rings. The number of aromatic nitrogens is 3. The lowest BCUT2D eigenvalue weighted by Gasteiger charge is -2.03. The summed E-state index contributed by atoms with van der Waals surface area (Å²) in [5.74, 6) is -0.215. The molecule has 0 saturated carbocycles. The summed E-state index contributed by atoms with van der Waals surface area (Å²) in [5, 5.41) is 6.69. The molecule has 0 atom stereocenters. The van der Waals surface area contributed by atoms with Gasteiger partial charge >= 0.3 is 0 Å². The normalized spacial score (nSPS) is 10.1. The quantitative estimate of drug-likeness (QED) is 0.854. The molecule has 0 aliphatic heterocycles. The summed E-state index contributed by atoms with van der Waals surface area (Å²) < 4.78 is 2.14. The Kier molecular flexibility index (Phi) is 3.00. The predicted molar refractivity (Wildman–Crippen MR) is 63.1 cm³/mol. The fraction of sp³-hybridized carbons (Fsp3) is 0.100. The van der Waals surface area contributed by atoms with E-state index in [-0.39, 0.29) is 5.91 Å². The third-order valence-corrected chi connectivity index (χ3v) is 2.60. The maximum absolute atomic E-state index is 11.8. The highest BCUT2D eigenvalue weighted by Crippen LogP contribution is 2.14. The molecule has 82 valence electrons. The Morgan fingerprint density at radius 1 is 1.56 bits per heavy atom. The Morgan fingerprint density at radius 2 is 2.38 bits per heavy atom. The lowest BCUT2D eigenvalue weighted by Crippen LogP contribution is -2.12. The predicted octanol–water partition coefficient (Wildman–Crippen LogP) is 1.83. The van der Waals surface area contributed by atoms with Crippen LogP contribution in [0.2, 0.25) is 0 Å².